The van der Waals surface area contributed by atoms with Crippen molar-refractivity contribution in [2.75, 3.05) is 31.6 Å². The number of thioether (sulfide) groups is 1. The van der Waals surface area contributed by atoms with Gasteiger partial charge in [0.25, 0.3) is 0 Å². The summed E-state index contributed by atoms with van der Waals surface area (Å²) in [4.78, 5) is 11.9. The van der Waals surface area contributed by atoms with Gasteiger partial charge in [0.15, 0.2) is 0 Å². The minimum atomic E-state index is -3.14. The number of piperidine rings is 1. The number of hydrogen-bond donors (Lipinski definition) is 2. The lowest BCUT2D eigenvalue weighted by Gasteiger charge is -2.30. The highest BCUT2D eigenvalue weighted by molar-refractivity contribution is 7.98. The Bertz CT molecular complexity index is 754. The van der Waals surface area contributed by atoms with E-state index in [1.54, 1.807) is 17.8 Å². The van der Waals surface area contributed by atoms with Gasteiger partial charge in [-0.3, -0.25) is 0 Å². The molecule has 1 heterocycles. The van der Waals surface area contributed by atoms with E-state index in [2.05, 4.69) is 16.7 Å². The third-order valence-electron chi connectivity index (χ3n) is 4.19. The lowest BCUT2D eigenvalue weighted by atomic mass is 10.1. The van der Waals surface area contributed by atoms with Gasteiger partial charge in [0.05, 0.1) is 17.9 Å². The molecule has 1 aliphatic rings. The maximum absolute atomic E-state index is 11.9. The number of nitrogens with one attached hydrogen (secondary N) is 2. The van der Waals surface area contributed by atoms with Gasteiger partial charge < -0.3 is 10.6 Å². The first-order valence-corrected chi connectivity index (χ1v) is 11.5. The molecular formula is C17H24N4O3S2. The fourth-order valence-electron chi connectivity index (χ4n) is 2.74. The molecule has 9 heteroatoms. The van der Waals surface area contributed by atoms with Crippen molar-refractivity contribution in [2.45, 2.75) is 24.6 Å². The second kappa shape index (κ2) is 9.80. The molecule has 2 rings (SSSR count). The molecule has 142 valence electrons. The van der Waals surface area contributed by atoms with Crippen molar-refractivity contribution in [3.05, 3.63) is 35.4 Å². The summed E-state index contributed by atoms with van der Waals surface area (Å²) in [5.41, 5.74) is 1.69. The van der Waals surface area contributed by atoms with Crippen LogP contribution in [0.5, 0.6) is 0 Å². The molecule has 1 saturated heterocycles. The Morgan fingerprint density at radius 3 is 2.69 bits per heavy atom. The number of hydrogen-bond acceptors (Lipinski definition) is 5. The van der Waals surface area contributed by atoms with Crippen LogP contribution in [0, 0.1) is 11.3 Å². The van der Waals surface area contributed by atoms with E-state index in [9.17, 15) is 13.2 Å². The van der Waals surface area contributed by atoms with Gasteiger partial charge in [-0.15, -0.1) is 0 Å². The predicted molar refractivity (Wildman–Crippen MR) is 103 cm³/mol. The summed E-state index contributed by atoms with van der Waals surface area (Å²) in [6.07, 6.45) is 2.46. The van der Waals surface area contributed by atoms with Gasteiger partial charge in [-0.05, 0) is 24.5 Å². The number of benzene rings is 1. The maximum atomic E-state index is 11.9. The van der Waals surface area contributed by atoms with Gasteiger partial charge in [0.1, 0.15) is 0 Å². The van der Waals surface area contributed by atoms with E-state index >= 15 is 0 Å². The van der Waals surface area contributed by atoms with Crippen LogP contribution in [0.25, 0.3) is 0 Å². The largest absolute Gasteiger partial charge is 0.337 e. The van der Waals surface area contributed by atoms with Crippen LogP contribution >= 0.6 is 11.8 Å². The second-order valence-electron chi connectivity index (χ2n) is 6.16. The third-order valence-corrected chi connectivity index (χ3v) is 6.50. The van der Waals surface area contributed by atoms with Gasteiger partial charge in [-0.2, -0.15) is 17.0 Å². The highest BCUT2D eigenvalue weighted by atomic mass is 32.2. The average Bonchev–Trinajstić information content (AvgIpc) is 2.61. The van der Waals surface area contributed by atoms with Gasteiger partial charge in [0, 0.05) is 37.2 Å². The average molecular weight is 397 g/mol. The number of carbonyl (C=O) groups excluding carboxylic acids is 1. The van der Waals surface area contributed by atoms with Gasteiger partial charge >= 0.3 is 6.03 Å². The molecule has 0 unspecified atom stereocenters. The Morgan fingerprint density at radius 1 is 1.35 bits per heavy atom. The SMILES string of the molecule is CS(=O)(=O)N1CCC(NC(=O)NCCSCc2ccccc2C#N)CC1. The topological polar surface area (TPSA) is 102 Å². The summed E-state index contributed by atoms with van der Waals surface area (Å²) < 4.78 is 24.4. The number of urea groups is 1. The zero-order valence-electron chi connectivity index (χ0n) is 14.8. The molecule has 2 amide bonds. The van der Waals surface area contributed by atoms with Crippen molar-refractivity contribution < 1.29 is 13.2 Å². The predicted octanol–water partition coefficient (Wildman–Crippen LogP) is 1.51. The van der Waals surface area contributed by atoms with Crippen LogP contribution in [0.1, 0.15) is 24.0 Å². The van der Waals surface area contributed by atoms with E-state index < -0.39 is 10.0 Å². The summed E-state index contributed by atoms with van der Waals surface area (Å²) in [6, 6.07) is 9.46. The first-order chi connectivity index (χ1) is 12.4. The highest BCUT2D eigenvalue weighted by Crippen LogP contribution is 2.15. The first-order valence-electron chi connectivity index (χ1n) is 8.45. The van der Waals surface area contributed by atoms with E-state index in [4.69, 9.17) is 5.26 Å². The third kappa shape index (κ3) is 6.52. The van der Waals surface area contributed by atoms with Crippen molar-refractivity contribution in [3.63, 3.8) is 0 Å². The van der Waals surface area contributed by atoms with Crippen molar-refractivity contribution >= 4 is 27.8 Å². The van der Waals surface area contributed by atoms with Crippen molar-refractivity contribution in [1.29, 1.82) is 5.26 Å². The highest BCUT2D eigenvalue weighted by Gasteiger charge is 2.25. The maximum Gasteiger partial charge on any atom is 0.315 e. The molecule has 1 fully saturated rings. The number of amides is 2. The van der Waals surface area contributed by atoms with Crippen molar-refractivity contribution in [1.82, 2.24) is 14.9 Å². The molecule has 1 aromatic rings. The molecule has 7 nitrogen and oxygen atoms in total. The van der Waals surface area contributed by atoms with Crippen LogP contribution in [-0.2, 0) is 15.8 Å². The van der Waals surface area contributed by atoms with E-state index in [1.807, 2.05) is 18.2 Å². The number of carbonyl (C=O) groups is 1. The Labute approximate surface area is 159 Å². The summed E-state index contributed by atoms with van der Waals surface area (Å²) >= 11 is 1.66. The molecular weight excluding hydrogens is 372 g/mol. The smallest absolute Gasteiger partial charge is 0.315 e. The standard InChI is InChI=1S/C17H24N4O3S2/c1-26(23,24)21-9-6-16(7-10-21)20-17(22)19-8-11-25-13-15-5-3-2-4-14(15)12-18/h2-5,16H,6-11,13H2,1H3,(H2,19,20,22). The molecule has 0 saturated carbocycles. The fourth-order valence-corrected chi connectivity index (χ4v) is 4.48. The first kappa shape index (κ1) is 20.6. The molecule has 0 atom stereocenters. The minimum Gasteiger partial charge on any atom is -0.337 e. The number of sulfonamides is 1. The van der Waals surface area contributed by atoms with E-state index in [1.165, 1.54) is 10.6 Å². The van der Waals surface area contributed by atoms with E-state index in [0.717, 1.165) is 17.1 Å². The zero-order valence-corrected chi connectivity index (χ0v) is 16.4. The molecule has 0 radical (unpaired) electrons. The molecule has 0 aromatic heterocycles. The molecule has 0 aliphatic carbocycles. The van der Waals surface area contributed by atoms with E-state index in [0.29, 0.717) is 38.0 Å². The molecule has 26 heavy (non-hydrogen) atoms. The van der Waals surface area contributed by atoms with Crippen LogP contribution < -0.4 is 10.6 Å². The lowest BCUT2D eigenvalue weighted by Crippen LogP contribution is -2.49. The quantitative estimate of drug-likeness (QED) is 0.680. The van der Waals surface area contributed by atoms with Crippen LogP contribution in [-0.4, -0.2) is 56.4 Å². The second-order valence-corrected chi connectivity index (χ2v) is 9.25. The number of rotatable bonds is 7. The normalized spacial score (nSPS) is 16.0. The minimum absolute atomic E-state index is 0.00292. The molecule has 0 bridgehead atoms. The Kier molecular flexibility index (Phi) is 7.75. The monoisotopic (exact) mass is 396 g/mol. The van der Waals surface area contributed by atoms with Crippen molar-refractivity contribution in [2.24, 2.45) is 0 Å². The number of nitrogens with zero attached hydrogens (tertiary/aromatic N) is 2. The summed E-state index contributed by atoms with van der Waals surface area (Å²) in [7, 11) is -3.14. The number of nitriles is 1. The Morgan fingerprint density at radius 2 is 2.04 bits per heavy atom. The van der Waals surface area contributed by atoms with Gasteiger partial charge in [0.2, 0.25) is 10.0 Å². The zero-order chi connectivity index (χ0) is 19.0. The van der Waals surface area contributed by atoms with Gasteiger partial charge in [-0.1, -0.05) is 18.2 Å². The summed E-state index contributed by atoms with van der Waals surface area (Å²) in [6.45, 7) is 1.42. The van der Waals surface area contributed by atoms with Gasteiger partial charge in [-0.25, -0.2) is 17.5 Å². The van der Waals surface area contributed by atoms with Crippen LogP contribution in [0.2, 0.25) is 0 Å². The van der Waals surface area contributed by atoms with Crippen molar-refractivity contribution in [3.8, 4) is 6.07 Å². The molecule has 1 aliphatic heterocycles. The van der Waals surface area contributed by atoms with Crippen LogP contribution in [0.15, 0.2) is 24.3 Å². The lowest BCUT2D eigenvalue weighted by molar-refractivity contribution is 0.228. The Hall–Kier alpha value is -1.76. The molecule has 2 N–H and O–H groups in total. The fraction of sp³-hybridized carbons (Fsp3) is 0.529. The van der Waals surface area contributed by atoms with Crippen LogP contribution in [0.4, 0.5) is 4.79 Å². The summed E-state index contributed by atoms with van der Waals surface area (Å²) in [5, 5.41) is 14.8. The molecule has 0 spiro atoms. The Balaban J connectivity index is 1.60. The molecule has 1 aromatic carbocycles. The van der Waals surface area contributed by atoms with Crippen LogP contribution in [0.3, 0.4) is 0 Å². The summed E-state index contributed by atoms with van der Waals surface area (Å²) in [5.74, 6) is 1.48. The van der Waals surface area contributed by atoms with E-state index in [-0.39, 0.29) is 12.1 Å².